The van der Waals surface area contributed by atoms with Crippen LogP contribution in [-0.4, -0.2) is 23.2 Å². The normalized spacial score (nSPS) is 24.6. The van der Waals surface area contributed by atoms with Crippen molar-refractivity contribution in [3.05, 3.63) is 24.0 Å². The number of anilines is 1. The molecule has 1 aliphatic carbocycles. The van der Waals surface area contributed by atoms with E-state index < -0.39 is 0 Å². The summed E-state index contributed by atoms with van der Waals surface area (Å²) in [4.78, 5) is 6.47. The predicted molar refractivity (Wildman–Crippen MR) is 70.0 cm³/mol. The summed E-state index contributed by atoms with van der Waals surface area (Å²) in [6.45, 7) is 2.42. The zero-order valence-electron chi connectivity index (χ0n) is 10.8. The first-order valence-electron chi connectivity index (χ1n) is 6.49. The van der Waals surface area contributed by atoms with Crippen molar-refractivity contribution in [1.29, 1.82) is 0 Å². The molecule has 0 radical (unpaired) electrons. The second-order valence-corrected chi connectivity index (χ2v) is 5.19. The minimum absolute atomic E-state index is 0.0886. The molecule has 0 aliphatic heterocycles. The molecular formula is C14H22N2O. The Morgan fingerprint density at radius 1 is 1.35 bits per heavy atom. The summed E-state index contributed by atoms with van der Waals surface area (Å²) in [5.74, 6) is 0.867. The average Bonchev–Trinajstić information content (AvgIpc) is 2.39. The molecule has 0 spiro atoms. The molecule has 2 rings (SSSR count). The van der Waals surface area contributed by atoms with Crippen molar-refractivity contribution in [1.82, 2.24) is 4.98 Å². The van der Waals surface area contributed by atoms with Crippen molar-refractivity contribution < 1.29 is 5.11 Å². The van der Waals surface area contributed by atoms with Crippen molar-refractivity contribution >= 4 is 5.69 Å². The van der Waals surface area contributed by atoms with Gasteiger partial charge in [-0.1, -0.05) is 6.92 Å². The lowest BCUT2D eigenvalue weighted by atomic mass is 9.86. The van der Waals surface area contributed by atoms with Gasteiger partial charge >= 0.3 is 0 Å². The van der Waals surface area contributed by atoms with E-state index in [2.05, 4.69) is 23.9 Å². The third-order valence-electron chi connectivity index (χ3n) is 3.97. The highest BCUT2D eigenvalue weighted by atomic mass is 16.3. The highest BCUT2D eigenvalue weighted by Gasteiger charge is 2.23. The molecule has 0 saturated heterocycles. The lowest BCUT2D eigenvalue weighted by Gasteiger charge is -2.35. The van der Waals surface area contributed by atoms with Gasteiger partial charge in [-0.3, -0.25) is 4.98 Å². The largest absolute Gasteiger partial charge is 0.392 e. The number of rotatable bonds is 3. The van der Waals surface area contributed by atoms with E-state index >= 15 is 0 Å². The Hall–Kier alpha value is -1.09. The molecule has 1 saturated carbocycles. The molecule has 17 heavy (non-hydrogen) atoms. The molecule has 0 aromatic carbocycles. The molecular weight excluding hydrogens is 212 g/mol. The summed E-state index contributed by atoms with van der Waals surface area (Å²) in [5.41, 5.74) is 2.05. The Kier molecular flexibility index (Phi) is 4.00. The topological polar surface area (TPSA) is 36.4 Å². The lowest BCUT2D eigenvalue weighted by molar-refractivity contribution is 0.281. The maximum atomic E-state index is 9.35. The first-order valence-corrected chi connectivity index (χ1v) is 6.49. The minimum atomic E-state index is 0.0886. The monoisotopic (exact) mass is 234 g/mol. The second kappa shape index (κ2) is 5.50. The molecule has 0 bridgehead atoms. The van der Waals surface area contributed by atoms with Crippen LogP contribution in [-0.2, 0) is 6.61 Å². The van der Waals surface area contributed by atoms with Crippen LogP contribution >= 0.6 is 0 Å². The number of hydrogen-bond donors (Lipinski definition) is 1. The Labute approximate surface area is 103 Å². The fraction of sp³-hybridized carbons (Fsp3) is 0.643. The van der Waals surface area contributed by atoms with E-state index in [1.807, 2.05) is 12.3 Å². The first kappa shape index (κ1) is 12.4. The van der Waals surface area contributed by atoms with Crippen molar-refractivity contribution in [2.75, 3.05) is 11.9 Å². The average molecular weight is 234 g/mol. The molecule has 94 valence electrons. The maximum Gasteiger partial charge on any atom is 0.0703 e. The van der Waals surface area contributed by atoms with Gasteiger partial charge in [0.2, 0.25) is 0 Å². The van der Waals surface area contributed by atoms with Gasteiger partial charge in [-0.25, -0.2) is 0 Å². The van der Waals surface area contributed by atoms with E-state index in [4.69, 9.17) is 0 Å². The van der Waals surface area contributed by atoms with Crippen molar-refractivity contribution in [2.24, 2.45) is 5.92 Å². The second-order valence-electron chi connectivity index (χ2n) is 5.19. The SMILES string of the molecule is CC1CCC(N(C)c2cnccc2CO)CC1. The fourth-order valence-electron chi connectivity index (χ4n) is 2.69. The standard InChI is InChI=1S/C14H22N2O/c1-11-3-5-13(6-4-11)16(2)14-9-15-8-7-12(14)10-17/h7-9,11,13,17H,3-6,10H2,1-2H3. The number of aliphatic hydroxyl groups is 1. The van der Waals surface area contributed by atoms with Gasteiger partial charge in [-0.2, -0.15) is 0 Å². The van der Waals surface area contributed by atoms with Crippen LogP contribution in [0.5, 0.6) is 0 Å². The molecule has 0 atom stereocenters. The highest BCUT2D eigenvalue weighted by Crippen LogP contribution is 2.30. The Morgan fingerprint density at radius 3 is 2.71 bits per heavy atom. The van der Waals surface area contributed by atoms with Gasteiger partial charge in [0, 0.05) is 24.8 Å². The molecule has 1 fully saturated rings. The van der Waals surface area contributed by atoms with Gasteiger partial charge in [0.25, 0.3) is 0 Å². The van der Waals surface area contributed by atoms with Crippen LogP contribution in [0.15, 0.2) is 18.5 Å². The van der Waals surface area contributed by atoms with Crippen LogP contribution in [0.2, 0.25) is 0 Å². The van der Waals surface area contributed by atoms with E-state index in [0.29, 0.717) is 6.04 Å². The first-order chi connectivity index (χ1) is 8.22. The number of nitrogens with zero attached hydrogens (tertiary/aromatic N) is 2. The molecule has 1 heterocycles. The van der Waals surface area contributed by atoms with E-state index in [1.165, 1.54) is 25.7 Å². The van der Waals surface area contributed by atoms with Crippen LogP contribution in [0.3, 0.4) is 0 Å². The quantitative estimate of drug-likeness (QED) is 0.873. The summed E-state index contributed by atoms with van der Waals surface area (Å²) in [7, 11) is 2.12. The Morgan fingerprint density at radius 2 is 2.06 bits per heavy atom. The van der Waals surface area contributed by atoms with Crippen LogP contribution in [0.1, 0.15) is 38.2 Å². The molecule has 1 aliphatic rings. The molecule has 3 heteroatoms. The van der Waals surface area contributed by atoms with E-state index in [-0.39, 0.29) is 6.61 Å². The fourth-order valence-corrected chi connectivity index (χ4v) is 2.69. The number of aromatic nitrogens is 1. The van der Waals surface area contributed by atoms with Crippen LogP contribution in [0.4, 0.5) is 5.69 Å². The van der Waals surface area contributed by atoms with E-state index in [0.717, 1.165) is 17.2 Å². The molecule has 1 aromatic rings. The van der Waals surface area contributed by atoms with E-state index in [9.17, 15) is 5.11 Å². The highest BCUT2D eigenvalue weighted by molar-refractivity contribution is 5.51. The van der Waals surface area contributed by atoms with Crippen LogP contribution in [0.25, 0.3) is 0 Å². The van der Waals surface area contributed by atoms with Gasteiger partial charge in [0.15, 0.2) is 0 Å². The summed E-state index contributed by atoms with van der Waals surface area (Å²) in [6.07, 6.45) is 8.72. The predicted octanol–water partition coefficient (Wildman–Crippen LogP) is 2.59. The van der Waals surface area contributed by atoms with Crippen LogP contribution in [0, 0.1) is 5.92 Å². The third kappa shape index (κ3) is 2.78. The molecule has 0 unspecified atom stereocenters. The summed E-state index contributed by atoms with van der Waals surface area (Å²) >= 11 is 0. The molecule has 0 amide bonds. The maximum absolute atomic E-state index is 9.35. The van der Waals surface area contributed by atoms with Gasteiger partial charge < -0.3 is 10.0 Å². The van der Waals surface area contributed by atoms with E-state index in [1.54, 1.807) is 6.20 Å². The lowest BCUT2D eigenvalue weighted by Crippen LogP contribution is -2.35. The smallest absolute Gasteiger partial charge is 0.0703 e. The van der Waals surface area contributed by atoms with Gasteiger partial charge in [0.1, 0.15) is 0 Å². The zero-order valence-corrected chi connectivity index (χ0v) is 10.8. The van der Waals surface area contributed by atoms with Gasteiger partial charge in [-0.05, 0) is 37.7 Å². The third-order valence-corrected chi connectivity index (χ3v) is 3.97. The van der Waals surface area contributed by atoms with Crippen LogP contribution < -0.4 is 4.90 Å². The Balaban J connectivity index is 2.10. The van der Waals surface area contributed by atoms with Gasteiger partial charge in [-0.15, -0.1) is 0 Å². The van der Waals surface area contributed by atoms with Crippen molar-refractivity contribution in [3.63, 3.8) is 0 Å². The molecule has 1 N–H and O–H groups in total. The summed E-state index contributed by atoms with van der Waals surface area (Å²) in [5, 5.41) is 9.35. The molecule has 1 aromatic heterocycles. The summed E-state index contributed by atoms with van der Waals surface area (Å²) < 4.78 is 0. The van der Waals surface area contributed by atoms with Crippen molar-refractivity contribution in [2.45, 2.75) is 45.3 Å². The Bertz CT molecular complexity index is 359. The van der Waals surface area contributed by atoms with Crippen molar-refractivity contribution in [3.8, 4) is 0 Å². The number of aliphatic hydroxyl groups excluding tert-OH is 1. The number of pyridine rings is 1. The minimum Gasteiger partial charge on any atom is -0.392 e. The zero-order chi connectivity index (χ0) is 12.3. The molecule has 3 nitrogen and oxygen atoms in total. The van der Waals surface area contributed by atoms with Gasteiger partial charge in [0.05, 0.1) is 18.5 Å². The summed E-state index contributed by atoms with van der Waals surface area (Å²) in [6, 6.07) is 2.50. The number of hydrogen-bond acceptors (Lipinski definition) is 3.